The smallest absolute Gasteiger partial charge is 0.244 e. The molecule has 0 aromatic heterocycles. The highest BCUT2D eigenvalue weighted by Crippen LogP contribution is 2.21. The van der Waals surface area contributed by atoms with Gasteiger partial charge in [-0.1, -0.05) is 48.7 Å². The van der Waals surface area contributed by atoms with Gasteiger partial charge in [0.25, 0.3) is 0 Å². The van der Waals surface area contributed by atoms with Crippen LogP contribution in [-0.4, -0.2) is 50.0 Å². The van der Waals surface area contributed by atoms with Gasteiger partial charge in [-0.05, 0) is 50.5 Å². The number of rotatable bonds is 9. The predicted octanol–water partition coefficient (Wildman–Crippen LogP) is 3.38. The van der Waals surface area contributed by atoms with Crippen LogP contribution in [0.25, 0.3) is 0 Å². The number of carbonyl (C=O) groups excluding carboxylic acids is 2. The number of nitrogens with one attached hydrogen (secondary N) is 1. The van der Waals surface area contributed by atoms with E-state index in [1.165, 1.54) is 23.1 Å². The third-order valence-electron chi connectivity index (χ3n) is 6.08. The summed E-state index contributed by atoms with van der Waals surface area (Å²) in [5.74, 6) is -1.44. The van der Waals surface area contributed by atoms with E-state index in [9.17, 15) is 22.4 Å². The number of hydrogen-bond donors (Lipinski definition) is 1. The summed E-state index contributed by atoms with van der Waals surface area (Å²) in [6.45, 7) is 3.17. The summed E-state index contributed by atoms with van der Waals surface area (Å²) in [6, 6.07) is 11.9. The Labute approximate surface area is 201 Å². The third kappa shape index (κ3) is 6.79. The number of anilines is 1. The van der Waals surface area contributed by atoms with Gasteiger partial charge in [0.2, 0.25) is 21.8 Å². The van der Waals surface area contributed by atoms with Gasteiger partial charge in [0.05, 0.1) is 11.9 Å². The Bertz CT molecular complexity index is 1130. The molecule has 9 heteroatoms. The fourth-order valence-electron chi connectivity index (χ4n) is 4.23. The Morgan fingerprint density at radius 1 is 1.12 bits per heavy atom. The van der Waals surface area contributed by atoms with Crippen LogP contribution in [0.2, 0.25) is 0 Å². The minimum absolute atomic E-state index is 0.0504. The number of sulfonamides is 1. The summed E-state index contributed by atoms with van der Waals surface area (Å²) in [5, 5.41) is 3.02. The van der Waals surface area contributed by atoms with Gasteiger partial charge in [-0.25, -0.2) is 12.8 Å². The number of aryl methyl sites for hydroxylation is 1. The molecule has 1 aliphatic carbocycles. The van der Waals surface area contributed by atoms with Gasteiger partial charge in [0.15, 0.2) is 0 Å². The quantitative estimate of drug-likeness (QED) is 0.585. The number of halogens is 1. The number of nitrogens with zero attached hydrogens (tertiary/aromatic N) is 2. The van der Waals surface area contributed by atoms with Crippen molar-refractivity contribution in [3.05, 3.63) is 65.5 Å². The van der Waals surface area contributed by atoms with Crippen LogP contribution in [0, 0.1) is 12.7 Å². The van der Waals surface area contributed by atoms with Crippen molar-refractivity contribution in [3.8, 4) is 0 Å². The molecule has 184 valence electrons. The highest BCUT2D eigenvalue weighted by Gasteiger charge is 2.31. The first kappa shape index (κ1) is 25.7. The van der Waals surface area contributed by atoms with Crippen LogP contribution in [0.4, 0.5) is 10.1 Å². The molecule has 1 fully saturated rings. The molecular weight excluding hydrogens is 457 g/mol. The molecule has 0 spiro atoms. The van der Waals surface area contributed by atoms with Gasteiger partial charge >= 0.3 is 0 Å². The Hall–Kier alpha value is -2.94. The second-order valence-electron chi connectivity index (χ2n) is 8.93. The van der Waals surface area contributed by atoms with Crippen molar-refractivity contribution in [2.45, 2.75) is 58.2 Å². The second-order valence-corrected chi connectivity index (χ2v) is 10.8. The van der Waals surface area contributed by atoms with Crippen LogP contribution in [0.5, 0.6) is 0 Å². The van der Waals surface area contributed by atoms with Crippen molar-refractivity contribution in [1.82, 2.24) is 10.2 Å². The molecule has 0 bridgehead atoms. The Morgan fingerprint density at radius 3 is 2.41 bits per heavy atom. The van der Waals surface area contributed by atoms with Crippen molar-refractivity contribution in [2.75, 3.05) is 17.1 Å². The van der Waals surface area contributed by atoms with E-state index in [1.807, 2.05) is 31.2 Å². The average Bonchev–Trinajstić information content (AvgIpc) is 3.27. The summed E-state index contributed by atoms with van der Waals surface area (Å²) >= 11 is 0. The Kier molecular flexibility index (Phi) is 8.30. The lowest BCUT2D eigenvalue weighted by atomic mass is 10.1. The SMILES string of the molecule is Cc1cccc(CN(C(=O)CN(c2cccc(F)c2)S(C)(=O)=O)[C@@H](C)C(=O)NC2CCCC2)c1. The van der Waals surface area contributed by atoms with Crippen LogP contribution < -0.4 is 9.62 Å². The molecule has 0 radical (unpaired) electrons. The van der Waals surface area contributed by atoms with Crippen molar-refractivity contribution in [3.63, 3.8) is 0 Å². The lowest BCUT2D eigenvalue weighted by Crippen LogP contribution is -2.52. The summed E-state index contributed by atoms with van der Waals surface area (Å²) in [6.07, 6.45) is 4.90. The van der Waals surface area contributed by atoms with Crippen LogP contribution in [-0.2, 0) is 26.2 Å². The molecule has 34 heavy (non-hydrogen) atoms. The summed E-state index contributed by atoms with van der Waals surface area (Å²) in [4.78, 5) is 27.9. The molecule has 1 aliphatic rings. The average molecular weight is 490 g/mol. The molecule has 2 amide bonds. The lowest BCUT2D eigenvalue weighted by molar-refractivity contribution is -0.139. The fraction of sp³-hybridized carbons (Fsp3) is 0.440. The molecule has 1 atom stereocenters. The minimum Gasteiger partial charge on any atom is -0.352 e. The van der Waals surface area contributed by atoms with E-state index in [0.717, 1.165) is 53.4 Å². The maximum atomic E-state index is 13.8. The van der Waals surface area contributed by atoms with Crippen LogP contribution in [0.1, 0.15) is 43.7 Å². The zero-order valence-electron chi connectivity index (χ0n) is 19.8. The predicted molar refractivity (Wildman–Crippen MR) is 130 cm³/mol. The van der Waals surface area contributed by atoms with Gasteiger partial charge in [-0.3, -0.25) is 13.9 Å². The van der Waals surface area contributed by atoms with E-state index < -0.39 is 34.3 Å². The fourth-order valence-corrected chi connectivity index (χ4v) is 5.07. The zero-order chi connectivity index (χ0) is 24.9. The van der Waals surface area contributed by atoms with E-state index in [0.29, 0.717) is 0 Å². The van der Waals surface area contributed by atoms with Gasteiger partial charge < -0.3 is 10.2 Å². The maximum absolute atomic E-state index is 13.8. The number of hydrogen-bond acceptors (Lipinski definition) is 4. The van der Waals surface area contributed by atoms with Gasteiger partial charge in [-0.2, -0.15) is 0 Å². The van der Waals surface area contributed by atoms with E-state index in [2.05, 4.69) is 5.32 Å². The Balaban J connectivity index is 1.88. The van der Waals surface area contributed by atoms with E-state index in [-0.39, 0.29) is 24.2 Å². The maximum Gasteiger partial charge on any atom is 0.244 e. The van der Waals surface area contributed by atoms with Crippen LogP contribution >= 0.6 is 0 Å². The first-order valence-electron chi connectivity index (χ1n) is 11.4. The molecule has 2 aromatic rings. The minimum atomic E-state index is -3.89. The normalized spacial score (nSPS) is 15.1. The number of carbonyl (C=O) groups is 2. The molecule has 0 heterocycles. The topological polar surface area (TPSA) is 86.8 Å². The Morgan fingerprint density at radius 2 is 1.79 bits per heavy atom. The molecule has 1 N–H and O–H groups in total. The molecule has 7 nitrogen and oxygen atoms in total. The molecule has 0 unspecified atom stereocenters. The zero-order valence-corrected chi connectivity index (χ0v) is 20.6. The molecule has 0 saturated heterocycles. The summed E-state index contributed by atoms with van der Waals surface area (Å²) in [7, 11) is -3.89. The number of benzene rings is 2. The lowest BCUT2D eigenvalue weighted by Gasteiger charge is -2.32. The van der Waals surface area contributed by atoms with Gasteiger partial charge in [-0.15, -0.1) is 0 Å². The standard InChI is InChI=1S/C25H32FN3O4S/c1-18-8-6-9-20(14-18)16-28(19(2)25(31)27-22-11-4-5-12-22)24(30)17-29(34(3,32)33)23-13-7-10-21(26)15-23/h6-10,13-15,19,22H,4-5,11-12,16-17H2,1-3H3,(H,27,31)/t19-/m0/s1. The molecular formula is C25H32FN3O4S. The molecule has 1 saturated carbocycles. The molecule has 0 aliphatic heterocycles. The molecule has 2 aromatic carbocycles. The van der Waals surface area contributed by atoms with E-state index >= 15 is 0 Å². The summed E-state index contributed by atoms with van der Waals surface area (Å²) < 4.78 is 39.6. The van der Waals surface area contributed by atoms with Gasteiger partial charge in [0, 0.05) is 12.6 Å². The van der Waals surface area contributed by atoms with Crippen molar-refractivity contribution >= 4 is 27.5 Å². The van der Waals surface area contributed by atoms with Crippen LogP contribution in [0.15, 0.2) is 48.5 Å². The van der Waals surface area contributed by atoms with E-state index in [4.69, 9.17) is 0 Å². The number of amides is 2. The first-order valence-corrected chi connectivity index (χ1v) is 13.3. The second kappa shape index (κ2) is 11.0. The monoisotopic (exact) mass is 489 g/mol. The van der Waals surface area contributed by atoms with Crippen LogP contribution in [0.3, 0.4) is 0 Å². The third-order valence-corrected chi connectivity index (χ3v) is 7.22. The molecule has 3 rings (SSSR count). The van der Waals surface area contributed by atoms with Crippen molar-refractivity contribution in [1.29, 1.82) is 0 Å². The van der Waals surface area contributed by atoms with E-state index in [1.54, 1.807) is 6.92 Å². The highest BCUT2D eigenvalue weighted by atomic mass is 32.2. The highest BCUT2D eigenvalue weighted by molar-refractivity contribution is 7.92. The largest absolute Gasteiger partial charge is 0.352 e. The van der Waals surface area contributed by atoms with Crippen molar-refractivity contribution < 1.29 is 22.4 Å². The summed E-state index contributed by atoms with van der Waals surface area (Å²) in [5.41, 5.74) is 1.88. The van der Waals surface area contributed by atoms with Crippen molar-refractivity contribution in [2.24, 2.45) is 0 Å². The first-order chi connectivity index (χ1) is 16.0. The van der Waals surface area contributed by atoms with Gasteiger partial charge in [0.1, 0.15) is 18.4 Å².